The lowest BCUT2D eigenvalue weighted by Gasteiger charge is -2.18. The van der Waals surface area contributed by atoms with Crippen molar-refractivity contribution in [2.24, 2.45) is 5.73 Å². The Kier molecular flexibility index (Phi) is 2.94. The van der Waals surface area contributed by atoms with E-state index in [0.717, 1.165) is 31.7 Å². The Morgan fingerprint density at radius 1 is 1.35 bits per heavy atom. The van der Waals surface area contributed by atoms with Gasteiger partial charge in [0.2, 0.25) is 5.89 Å². The number of hydrogen-bond acceptors (Lipinski definition) is 5. The van der Waals surface area contributed by atoms with Crippen LogP contribution in [0.3, 0.4) is 0 Å². The lowest BCUT2D eigenvalue weighted by Crippen LogP contribution is -2.17. The van der Waals surface area contributed by atoms with Crippen molar-refractivity contribution in [1.29, 1.82) is 0 Å². The van der Waals surface area contributed by atoms with Crippen LogP contribution in [0.25, 0.3) is 0 Å². The van der Waals surface area contributed by atoms with E-state index < -0.39 is 0 Å². The Morgan fingerprint density at radius 3 is 3.00 bits per heavy atom. The van der Waals surface area contributed by atoms with Crippen molar-refractivity contribution in [3.63, 3.8) is 0 Å². The summed E-state index contributed by atoms with van der Waals surface area (Å²) in [6.45, 7) is 1.56. The molecule has 1 fully saturated rings. The molecule has 0 bridgehead atoms. The number of hydrogen-bond donors (Lipinski definition) is 1. The van der Waals surface area contributed by atoms with E-state index >= 15 is 0 Å². The third kappa shape index (κ3) is 2.25. The monoisotopic (exact) mass is 235 g/mol. The summed E-state index contributed by atoms with van der Waals surface area (Å²) in [7, 11) is 0. The number of ether oxygens (including phenoxy) is 1. The van der Waals surface area contributed by atoms with Gasteiger partial charge < -0.3 is 15.0 Å². The molecule has 1 saturated heterocycles. The van der Waals surface area contributed by atoms with Crippen LogP contribution in [0.15, 0.2) is 16.7 Å². The van der Waals surface area contributed by atoms with Crippen LogP contribution in [0.1, 0.15) is 42.8 Å². The lowest BCUT2D eigenvalue weighted by molar-refractivity contribution is 0.0773. The van der Waals surface area contributed by atoms with Crippen LogP contribution in [0.2, 0.25) is 0 Å². The SMILES string of the molecule is NC1C=CC(c2nc(C3CCCOC3)no2)C1. The highest BCUT2D eigenvalue weighted by Gasteiger charge is 2.26. The second kappa shape index (κ2) is 4.58. The van der Waals surface area contributed by atoms with Crippen LogP contribution in [-0.4, -0.2) is 29.4 Å². The molecule has 92 valence electrons. The van der Waals surface area contributed by atoms with Crippen molar-refractivity contribution < 1.29 is 9.26 Å². The average molecular weight is 235 g/mol. The van der Waals surface area contributed by atoms with Gasteiger partial charge in [-0.2, -0.15) is 4.98 Å². The summed E-state index contributed by atoms with van der Waals surface area (Å²) in [5.74, 6) is 1.96. The molecule has 5 nitrogen and oxygen atoms in total. The minimum absolute atomic E-state index is 0.119. The molecule has 0 amide bonds. The van der Waals surface area contributed by atoms with Crippen LogP contribution in [0.5, 0.6) is 0 Å². The maximum absolute atomic E-state index is 5.82. The first-order chi connectivity index (χ1) is 8.33. The fourth-order valence-corrected chi connectivity index (χ4v) is 2.42. The lowest BCUT2D eigenvalue weighted by atomic mass is 10.0. The second-order valence-corrected chi connectivity index (χ2v) is 4.80. The molecule has 3 unspecified atom stereocenters. The highest BCUT2D eigenvalue weighted by atomic mass is 16.5. The highest BCUT2D eigenvalue weighted by molar-refractivity contribution is 5.15. The summed E-state index contributed by atoms with van der Waals surface area (Å²) in [5.41, 5.74) is 5.82. The summed E-state index contributed by atoms with van der Waals surface area (Å²) < 4.78 is 10.8. The number of aromatic nitrogens is 2. The Morgan fingerprint density at radius 2 is 2.29 bits per heavy atom. The van der Waals surface area contributed by atoms with E-state index in [0.29, 0.717) is 18.4 Å². The van der Waals surface area contributed by atoms with Crippen molar-refractivity contribution >= 4 is 0 Å². The molecular formula is C12H17N3O2. The molecule has 0 radical (unpaired) electrons. The third-order valence-electron chi connectivity index (χ3n) is 3.42. The summed E-state index contributed by atoms with van der Waals surface area (Å²) in [4.78, 5) is 4.49. The molecule has 3 rings (SSSR count). The van der Waals surface area contributed by atoms with E-state index in [1.54, 1.807) is 0 Å². The molecule has 0 saturated carbocycles. The number of nitrogens with zero attached hydrogens (tertiary/aromatic N) is 2. The van der Waals surface area contributed by atoms with Crippen LogP contribution in [0.4, 0.5) is 0 Å². The largest absolute Gasteiger partial charge is 0.381 e. The number of nitrogens with two attached hydrogens (primary N) is 1. The molecule has 0 aromatic carbocycles. The van der Waals surface area contributed by atoms with Gasteiger partial charge >= 0.3 is 0 Å². The average Bonchev–Trinajstić information content (AvgIpc) is 2.98. The van der Waals surface area contributed by atoms with Gasteiger partial charge in [0, 0.05) is 18.6 Å². The molecule has 1 aromatic heterocycles. The Bertz CT molecular complexity index is 410. The molecule has 2 heterocycles. The van der Waals surface area contributed by atoms with Crippen LogP contribution in [-0.2, 0) is 4.74 Å². The fourth-order valence-electron chi connectivity index (χ4n) is 2.42. The second-order valence-electron chi connectivity index (χ2n) is 4.80. The number of rotatable bonds is 2. The molecule has 17 heavy (non-hydrogen) atoms. The Labute approximate surface area is 100 Å². The fraction of sp³-hybridized carbons (Fsp3) is 0.667. The van der Waals surface area contributed by atoms with Gasteiger partial charge in [0.1, 0.15) is 0 Å². The van der Waals surface area contributed by atoms with E-state index in [-0.39, 0.29) is 12.0 Å². The molecule has 5 heteroatoms. The van der Waals surface area contributed by atoms with Gasteiger partial charge in [-0.25, -0.2) is 0 Å². The van der Waals surface area contributed by atoms with Crippen molar-refractivity contribution in [2.45, 2.75) is 37.1 Å². The van der Waals surface area contributed by atoms with Crippen molar-refractivity contribution in [2.75, 3.05) is 13.2 Å². The minimum Gasteiger partial charge on any atom is -0.381 e. The Hall–Kier alpha value is -1.20. The Balaban J connectivity index is 1.71. The topological polar surface area (TPSA) is 74.2 Å². The highest BCUT2D eigenvalue weighted by Crippen LogP contribution is 2.29. The van der Waals surface area contributed by atoms with E-state index in [1.807, 2.05) is 6.08 Å². The third-order valence-corrected chi connectivity index (χ3v) is 3.42. The quantitative estimate of drug-likeness (QED) is 0.783. The summed E-state index contributed by atoms with van der Waals surface area (Å²) in [6, 6.07) is 0.119. The molecule has 2 aliphatic rings. The van der Waals surface area contributed by atoms with Gasteiger partial charge in [-0.3, -0.25) is 0 Å². The minimum atomic E-state index is 0.119. The van der Waals surface area contributed by atoms with Gasteiger partial charge in [-0.15, -0.1) is 0 Å². The van der Waals surface area contributed by atoms with Crippen LogP contribution in [0, 0.1) is 0 Å². The van der Waals surface area contributed by atoms with E-state index in [2.05, 4.69) is 16.2 Å². The van der Waals surface area contributed by atoms with Crippen LogP contribution >= 0.6 is 0 Å². The zero-order chi connectivity index (χ0) is 11.7. The van der Waals surface area contributed by atoms with Gasteiger partial charge in [0.15, 0.2) is 5.82 Å². The molecule has 2 N–H and O–H groups in total. The maximum Gasteiger partial charge on any atom is 0.233 e. The zero-order valence-electron chi connectivity index (χ0n) is 9.71. The van der Waals surface area contributed by atoms with Crippen molar-refractivity contribution in [3.8, 4) is 0 Å². The van der Waals surface area contributed by atoms with Crippen molar-refractivity contribution in [3.05, 3.63) is 23.9 Å². The van der Waals surface area contributed by atoms with E-state index in [9.17, 15) is 0 Å². The summed E-state index contributed by atoms with van der Waals surface area (Å²) >= 11 is 0. The summed E-state index contributed by atoms with van der Waals surface area (Å²) in [5, 5.41) is 4.07. The molecule has 1 aliphatic heterocycles. The van der Waals surface area contributed by atoms with Crippen molar-refractivity contribution in [1.82, 2.24) is 10.1 Å². The van der Waals surface area contributed by atoms with E-state index in [4.69, 9.17) is 15.0 Å². The van der Waals surface area contributed by atoms with Crippen LogP contribution < -0.4 is 5.73 Å². The molecule has 1 aliphatic carbocycles. The molecule has 3 atom stereocenters. The molecular weight excluding hydrogens is 218 g/mol. The number of allylic oxidation sites excluding steroid dienone is 1. The van der Waals surface area contributed by atoms with Gasteiger partial charge in [-0.1, -0.05) is 17.3 Å². The predicted molar refractivity (Wildman–Crippen MR) is 61.6 cm³/mol. The van der Waals surface area contributed by atoms with Gasteiger partial charge in [0.25, 0.3) is 0 Å². The predicted octanol–water partition coefficient (Wildman–Crippen LogP) is 1.33. The zero-order valence-corrected chi connectivity index (χ0v) is 9.71. The first-order valence-corrected chi connectivity index (χ1v) is 6.18. The smallest absolute Gasteiger partial charge is 0.233 e. The van der Waals surface area contributed by atoms with E-state index in [1.165, 1.54) is 0 Å². The van der Waals surface area contributed by atoms with Gasteiger partial charge in [0.05, 0.1) is 12.5 Å². The normalized spacial score (nSPS) is 33.1. The first kappa shape index (κ1) is 10.9. The molecule has 0 spiro atoms. The first-order valence-electron chi connectivity index (χ1n) is 6.18. The molecule has 1 aromatic rings. The standard InChI is InChI=1S/C12H17N3O2/c13-10-4-3-8(6-10)12-14-11(15-17-12)9-2-1-5-16-7-9/h3-4,8-10H,1-2,5-7,13H2. The maximum atomic E-state index is 5.82. The summed E-state index contributed by atoms with van der Waals surface area (Å²) in [6.07, 6.45) is 7.07. The van der Waals surface area contributed by atoms with Gasteiger partial charge in [-0.05, 0) is 19.3 Å².